The highest BCUT2D eigenvalue weighted by Gasteiger charge is 2.14. The zero-order valence-electron chi connectivity index (χ0n) is 7.10. The Hall–Kier alpha value is -0.0300. The molecule has 0 spiro atoms. The third-order valence-corrected chi connectivity index (χ3v) is 3.31. The Morgan fingerprint density at radius 3 is 3.00 bits per heavy atom. The molecule has 0 N–H and O–H groups in total. The zero-order chi connectivity index (χ0) is 9.42. The van der Waals surface area contributed by atoms with Crippen molar-refractivity contribution in [1.29, 1.82) is 0 Å². The minimum absolute atomic E-state index is 0.699. The first-order valence-corrected chi connectivity index (χ1v) is 5.83. The fraction of sp³-hybridized carbons (Fsp3) is 0.200. The highest BCUT2D eigenvalue weighted by molar-refractivity contribution is 14.1. The first-order chi connectivity index (χ1) is 6.18. The van der Waals surface area contributed by atoms with Crippen LogP contribution in [-0.4, -0.2) is 6.61 Å². The van der Waals surface area contributed by atoms with Crippen molar-refractivity contribution in [2.45, 2.75) is 6.92 Å². The summed E-state index contributed by atoms with van der Waals surface area (Å²) in [7, 11) is 0. The van der Waals surface area contributed by atoms with Crippen LogP contribution >= 0.6 is 38.5 Å². The minimum atomic E-state index is 0.699. The van der Waals surface area contributed by atoms with Crippen molar-refractivity contribution in [2.75, 3.05) is 6.61 Å². The summed E-state index contributed by atoms with van der Waals surface area (Å²) in [6, 6.07) is 4.12. The molecule has 0 aromatic heterocycles. The molecule has 1 aromatic carbocycles. The molecule has 0 aliphatic carbocycles. The van der Waals surface area contributed by atoms with E-state index < -0.39 is 0 Å². The van der Waals surface area contributed by atoms with Crippen LogP contribution in [-0.2, 0) is 0 Å². The van der Waals surface area contributed by atoms with Gasteiger partial charge in [0.2, 0.25) is 0 Å². The Bertz CT molecular complexity index is 385. The summed E-state index contributed by atoms with van der Waals surface area (Å²) < 4.78 is 7.97. The van der Waals surface area contributed by atoms with Crippen LogP contribution < -0.4 is 4.74 Å². The van der Waals surface area contributed by atoms with Gasteiger partial charge in [-0.2, -0.15) is 0 Å². The zero-order valence-corrected chi connectivity index (χ0v) is 10.8. The Balaban J connectivity index is 2.65. The number of rotatable bonds is 0. The lowest BCUT2D eigenvalue weighted by atomic mass is 10.1. The number of halogens is 2. The van der Waals surface area contributed by atoms with Gasteiger partial charge in [-0.05, 0) is 47.2 Å². The maximum absolute atomic E-state index is 5.64. The van der Waals surface area contributed by atoms with Gasteiger partial charge in [-0.1, -0.05) is 22.0 Å². The first kappa shape index (κ1) is 9.52. The van der Waals surface area contributed by atoms with E-state index >= 15 is 0 Å². The van der Waals surface area contributed by atoms with Gasteiger partial charge < -0.3 is 4.74 Å². The van der Waals surface area contributed by atoms with E-state index in [4.69, 9.17) is 4.74 Å². The maximum Gasteiger partial charge on any atom is 0.131 e. The summed E-state index contributed by atoms with van der Waals surface area (Å²) in [6.07, 6.45) is 2.16. The second-order valence-corrected chi connectivity index (χ2v) is 5.23. The Morgan fingerprint density at radius 2 is 2.23 bits per heavy atom. The molecule has 1 heterocycles. The van der Waals surface area contributed by atoms with E-state index in [0.717, 1.165) is 15.8 Å². The largest absolute Gasteiger partial charge is 0.487 e. The summed E-state index contributed by atoms with van der Waals surface area (Å²) >= 11 is 5.81. The van der Waals surface area contributed by atoms with E-state index in [9.17, 15) is 0 Å². The third-order valence-electron chi connectivity index (χ3n) is 2.00. The molecule has 1 nitrogen and oxygen atoms in total. The molecule has 1 aliphatic heterocycles. The molecule has 0 unspecified atom stereocenters. The van der Waals surface area contributed by atoms with E-state index in [0.29, 0.717) is 6.61 Å². The number of aryl methyl sites for hydroxylation is 1. The monoisotopic (exact) mass is 350 g/mol. The molecule has 0 saturated heterocycles. The number of hydrogen-bond acceptors (Lipinski definition) is 1. The highest BCUT2D eigenvalue weighted by Crippen LogP contribution is 2.36. The van der Waals surface area contributed by atoms with Crippen molar-refractivity contribution < 1.29 is 4.74 Å². The van der Waals surface area contributed by atoms with Crippen LogP contribution in [0.25, 0.3) is 6.08 Å². The molecule has 0 fully saturated rings. The molecular formula is C10H8BrIO. The lowest BCUT2D eigenvalue weighted by Gasteiger charge is -2.18. The highest BCUT2D eigenvalue weighted by atomic mass is 127. The van der Waals surface area contributed by atoms with E-state index in [2.05, 4.69) is 63.7 Å². The van der Waals surface area contributed by atoms with Gasteiger partial charge in [-0.3, -0.25) is 0 Å². The normalized spacial score (nSPS) is 14.5. The topological polar surface area (TPSA) is 9.23 Å². The molecule has 13 heavy (non-hydrogen) atoms. The Kier molecular flexibility index (Phi) is 2.65. The van der Waals surface area contributed by atoms with Crippen LogP contribution in [0.5, 0.6) is 5.75 Å². The molecule has 0 atom stereocenters. The maximum atomic E-state index is 5.64. The molecule has 0 radical (unpaired) electrons. The number of fused-ring (bicyclic) bond motifs is 1. The van der Waals surface area contributed by atoms with Crippen LogP contribution in [0.3, 0.4) is 0 Å². The summed E-state index contributed by atoms with van der Waals surface area (Å²) in [5.74, 6) is 1.01. The van der Waals surface area contributed by atoms with Crippen molar-refractivity contribution in [3.63, 3.8) is 0 Å². The van der Waals surface area contributed by atoms with Gasteiger partial charge >= 0.3 is 0 Å². The molecule has 68 valence electrons. The summed E-state index contributed by atoms with van der Waals surface area (Å²) in [5.41, 5.74) is 2.36. The first-order valence-electron chi connectivity index (χ1n) is 3.96. The minimum Gasteiger partial charge on any atom is -0.487 e. The predicted molar refractivity (Wildman–Crippen MR) is 66.4 cm³/mol. The van der Waals surface area contributed by atoms with Gasteiger partial charge in [0.15, 0.2) is 0 Å². The van der Waals surface area contributed by atoms with Crippen molar-refractivity contribution in [2.24, 2.45) is 0 Å². The quantitative estimate of drug-likeness (QED) is 0.644. The van der Waals surface area contributed by atoms with E-state index in [-0.39, 0.29) is 0 Å². The standard InChI is InChI=1S/C10H8BrIO/c1-6-2-3-9(11)8-4-7(12)5-13-10(6)8/h2-4H,5H2,1H3. The molecule has 1 aliphatic rings. The van der Waals surface area contributed by atoms with Gasteiger partial charge in [0.25, 0.3) is 0 Å². The number of ether oxygens (including phenoxy) is 1. The van der Waals surface area contributed by atoms with Crippen molar-refractivity contribution in [3.8, 4) is 5.75 Å². The average molecular weight is 351 g/mol. The molecular weight excluding hydrogens is 343 g/mol. The molecule has 0 bridgehead atoms. The second kappa shape index (κ2) is 3.61. The van der Waals surface area contributed by atoms with Gasteiger partial charge in [0, 0.05) is 13.6 Å². The van der Waals surface area contributed by atoms with Crippen molar-refractivity contribution >= 4 is 44.6 Å². The van der Waals surface area contributed by atoms with Crippen LogP contribution in [0.4, 0.5) is 0 Å². The van der Waals surface area contributed by atoms with E-state index in [1.807, 2.05) is 0 Å². The SMILES string of the molecule is Cc1ccc(Br)c2c1OCC(I)=C2. The van der Waals surface area contributed by atoms with Gasteiger partial charge in [-0.25, -0.2) is 0 Å². The Morgan fingerprint density at radius 1 is 1.46 bits per heavy atom. The Labute approximate surface area is 99.4 Å². The lowest BCUT2D eigenvalue weighted by Crippen LogP contribution is -2.05. The van der Waals surface area contributed by atoms with Crippen molar-refractivity contribution in [3.05, 3.63) is 31.3 Å². The molecule has 1 aromatic rings. The van der Waals surface area contributed by atoms with Crippen LogP contribution in [0, 0.1) is 6.92 Å². The van der Waals surface area contributed by atoms with E-state index in [1.165, 1.54) is 9.14 Å². The average Bonchev–Trinajstić information content (AvgIpc) is 2.12. The number of benzene rings is 1. The number of hydrogen-bond donors (Lipinski definition) is 0. The fourth-order valence-corrected chi connectivity index (χ4v) is 2.24. The molecule has 0 saturated carbocycles. The summed E-state index contributed by atoms with van der Waals surface area (Å²) in [5, 5.41) is 0. The fourth-order valence-electron chi connectivity index (χ4n) is 1.35. The second-order valence-electron chi connectivity index (χ2n) is 2.99. The van der Waals surface area contributed by atoms with E-state index in [1.54, 1.807) is 0 Å². The smallest absolute Gasteiger partial charge is 0.131 e. The predicted octanol–water partition coefficient (Wildman–Crippen LogP) is 3.93. The van der Waals surface area contributed by atoms with Gasteiger partial charge in [-0.15, -0.1) is 0 Å². The summed E-state index contributed by atoms with van der Waals surface area (Å²) in [6.45, 7) is 2.77. The van der Waals surface area contributed by atoms with Crippen LogP contribution in [0.2, 0.25) is 0 Å². The van der Waals surface area contributed by atoms with Gasteiger partial charge in [0.05, 0.1) is 0 Å². The lowest BCUT2D eigenvalue weighted by molar-refractivity contribution is 0.354. The van der Waals surface area contributed by atoms with Gasteiger partial charge in [0.1, 0.15) is 12.4 Å². The van der Waals surface area contributed by atoms with Crippen LogP contribution in [0.15, 0.2) is 20.2 Å². The molecule has 3 heteroatoms. The molecule has 0 amide bonds. The summed E-state index contributed by atoms with van der Waals surface area (Å²) in [4.78, 5) is 0. The molecule has 2 rings (SSSR count). The van der Waals surface area contributed by atoms with Crippen molar-refractivity contribution in [1.82, 2.24) is 0 Å². The third kappa shape index (κ3) is 1.76. The van der Waals surface area contributed by atoms with Crippen LogP contribution in [0.1, 0.15) is 11.1 Å².